The summed E-state index contributed by atoms with van der Waals surface area (Å²) in [7, 11) is 3.15. The molecule has 0 saturated heterocycles. The summed E-state index contributed by atoms with van der Waals surface area (Å²) < 4.78 is 13.5. The molecular formula is C25H22BrN5O3S. The number of nitrogens with zero attached hydrogens (tertiary/aromatic N) is 4. The van der Waals surface area contributed by atoms with Crippen LogP contribution in [0.4, 0.5) is 0 Å². The topological polar surface area (TPSA) is 90.6 Å². The van der Waals surface area contributed by atoms with E-state index in [1.165, 1.54) is 18.0 Å². The first-order valence-electron chi connectivity index (χ1n) is 10.5. The van der Waals surface area contributed by atoms with Crippen LogP contribution in [0.1, 0.15) is 5.56 Å². The average Bonchev–Trinajstić information content (AvgIpc) is 3.32. The third-order valence-corrected chi connectivity index (χ3v) is 6.37. The SMILES string of the molecule is COc1ccc(OC)c(/C=N\NC(=O)CSc2nnc(-c3ccc(Br)cc3)n2-c2ccccc2)c1. The normalized spacial score (nSPS) is 10.9. The number of carbonyl (C=O) groups excluding carboxylic acids is 1. The van der Waals surface area contributed by atoms with Gasteiger partial charge in [0, 0.05) is 21.3 Å². The lowest BCUT2D eigenvalue weighted by Crippen LogP contribution is -2.20. The smallest absolute Gasteiger partial charge is 0.250 e. The molecule has 0 unspecified atom stereocenters. The summed E-state index contributed by atoms with van der Waals surface area (Å²) in [6.07, 6.45) is 1.52. The first-order chi connectivity index (χ1) is 17.1. The number of rotatable bonds is 9. The summed E-state index contributed by atoms with van der Waals surface area (Å²) in [4.78, 5) is 12.5. The number of nitrogens with one attached hydrogen (secondary N) is 1. The number of para-hydroxylation sites is 1. The molecule has 178 valence electrons. The van der Waals surface area contributed by atoms with Gasteiger partial charge in [-0.25, -0.2) is 5.43 Å². The molecular weight excluding hydrogens is 530 g/mol. The van der Waals surface area contributed by atoms with Crippen molar-refractivity contribution in [3.8, 4) is 28.6 Å². The molecule has 4 rings (SSSR count). The Bertz CT molecular complexity index is 1330. The van der Waals surface area contributed by atoms with Crippen molar-refractivity contribution in [2.75, 3.05) is 20.0 Å². The number of carbonyl (C=O) groups is 1. The largest absolute Gasteiger partial charge is 0.497 e. The number of methoxy groups -OCH3 is 2. The lowest BCUT2D eigenvalue weighted by atomic mass is 10.2. The number of thioether (sulfide) groups is 1. The lowest BCUT2D eigenvalue weighted by molar-refractivity contribution is -0.118. The highest BCUT2D eigenvalue weighted by Gasteiger charge is 2.17. The van der Waals surface area contributed by atoms with Crippen molar-refractivity contribution in [3.05, 3.63) is 82.8 Å². The Labute approximate surface area is 215 Å². The zero-order valence-corrected chi connectivity index (χ0v) is 21.4. The second-order valence-corrected chi connectivity index (χ2v) is 9.03. The molecule has 0 spiro atoms. The molecule has 0 atom stereocenters. The van der Waals surface area contributed by atoms with Crippen LogP contribution in [0.15, 0.2) is 87.5 Å². The summed E-state index contributed by atoms with van der Waals surface area (Å²) in [5.41, 5.74) is 5.05. The summed E-state index contributed by atoms with van der Waals surface area (Å²) >= 11 is 4.74. The lowest BCUT2D eigenvalue weighted by Gasteiger charge is -2.10. The minimum absolute atomic E-state index is 0.109. The highest BCUT2D eigenvalue weighted by atomic mass is 79.9. The number of hydrogen-bond acceptors (Lipinski definition) is 7. The van der Waals surface area contributed by atoms with Crippen LogP contribution in [0.3, 0.4) is 0 Å². The molecule has 0 radical (unpaired) electrons. The van der Waals surface area contributed by atoms with Crippen LogP contribution in [0, 0.1) is 0 Å². The Hall–Kier alpha value is -3.63. The van der Waals surface area contributed by atoms with Gasteiger partial charge in [-0.15, -0.1) is 10.2 Å². The van der Waals surface area contributed by atoms with E-state index in [0.717, 1.165) is 15.7 Å². The molecule has 0 fully saturated rings. The fraction of sp³-hybridized carbons (Fsp3) is 0.120. The van der Waals surface area contributed by atoms with E-state index < -0.39 is 0 Å². The Morgan fingerprint density at radius 3 is 2.54 bits per heavy atom. The first kappa shape index (κ1) is 24.5. The van der Waals surface area contributed by atoms with Crippen LogP contribution < -0.4 is 14.9 Å². The molecule has 0 aliphatic heterocycles. The van der Waals surface area contributed by atoms with Crippen molar-refractivity contribution in [3.63, 3.8) is 0 Å². The van der Waals surface area contributed by atoms with Crippen molar-refractivity contribution < 1.29 is 14.3 Å². The Morgan fingerprint density at radius 1 is 1.06 bits per heavy atom. The zero-order chi connectivity index (χ0) is 24.6. The van der Waals surface area contributed by atoms with E-state index >= 15 is 0 Å². The van der Waals surface area contributed by atoms with E-state index in [-0.39, 0.29) is 11.7 Å². The Morgan fingerprint density at radius 2 is 1.83 bits per heavy atom. The maximum absolute atomic E-state index is 12.5. The van der Waals surface area contributed by atoms with E-state index in [4.69, 9.17) is 9.47 Å². The number of hydrogen-bond donors (Lipinski definition) is 1. The molecule has 0 bridgehead atoms. The van der Waals surface area contributed by atoms with Crippen LogP contribution in [0.2, 0.25) is 0 Å². The highest BCUT2D eigenvalue weighted by molar-refractivity contribution is 9.10. The molecule has 8 nitrogen and oxygen atoms in total. The second kappa shape index (κ2) is 11.7. The molecule has 35 heavy (non-hydrogen) atoms. The highest BCUT2D eigenvalue weighted by Crippen LogP contribution is 2.28. The fourth-order valence-electron chi connectivity index (χ4n) is 3.24. The number of aromatic nitrogens is 3. The van der Waals surface area contributed by atoms with Gasteiger partial charge in [0.2, 0.25) is 0 Å². The Kier molecular flexibility index (Phi) is 8.17. The third-order valence-electron chi connectivity index (χ3n) is 4.91. The molecule has 4 aromatic rings. The van der Waals surface area contributed by atoms with Crippen LogP contribution in [-0.2, 0) is 4.79 Å². The van der Waals surface area contributed by atoms with Gasteiger partial charge in [0.25, 0.3) is 5.91 Å². The minimum Gasteiger partial charge on any atom is -0.497 e. The maximum atomic E-state index is 12.5. The minimum atomic E-state index is -0.277. The molecule has 1 N–H and O–H groups in total. The van der Waals surface area contributed by atoms with Crippen LogP contribution in [0.5, 0.6) is 11.5 Å². The summed E-state index contributed by atoms with van der Waals surface area (Å²) in [5.74, 6) is 1.80. The maximum Gasteiger partial charge on any atom is 0.250 e. The van der Waals surface area contributed by atoms with Gasteiger partial charge >= 0.3 is 0 Å². The number of hydrazone groups is 1. The molecule has 0 aliphatic carbocycles. The average molecular weight is 552 g/mol. The molecule has 1 aromatic heterocycles. The van der Waals surface area contributed by atoms with Crippen molar-refractivity contribution in [1.29, 1.82) is 0 Å². The summed E-state index contributed by atoms with van der Waals surface area (Å²) in [5, 5.41) is 13.4. The number of ether oxygens (including phenoxy) is 2. The van der Waals surface area contributed by atoms with Gasteiger partial charge in [-0.2, -0.15) is 5.10 Å². The molecule has 1 amide bonds. The van der Waals surface area contributed by atoms with Gasteiger partial charge < -0.3 is 9.47 Å². The van der Waals surface area contributed by atoms with Crippen LogP contribution in [0.25, 0.3) is 17.1 Å². The predicted octanol–water partition coefficient (Wildman–Crippen LogP) is 4.96. The van der Waals surface area contributed by atoms with Gasteiger partial charge in [-0.3, -0.25) is 9.36 Å². The first-order valence-corrected chi connectivity index (χ1v) is 12.3. The van der Waals surface area contributed by atoms with Crippen molar-refractivity contribution >= 4 is 39.8 Å². The van der Waals surface area contributed by atoms with Crippen LogP contribution in [-0.4, -0.2) is 46.9 Å². The fourth-order valence-corrected chi connectivity index (χ4v) is 4.24. The van der Waals surface area contributed by atoms with Crippen LogP contribution >= 0.6 is 27.7 Å². The summed E-state index contributed by atoms with van der Waals surface area (Å²) in [6, 6.07) is 23.0. The molecule has 3 aromatic carbocycles. The van der Waals surface area contributed by atoms with Crippen molar-refractivity contribution in [2.24, 2.45) is 5.10 Å². The predicted molar refractivity (Wildman–Crippen MR) is 141 cm³/mol. The molecule has 10 heteroatoms. The van der Waals surface area contributed by atoms with E-state index in [9.17, 15) is 4.79 Å². The standard InChI is InChI=1S/C25H22BrN5O3S/c1-33-21-12-13-22(34-2)18(14-21)15-27-28-23(32)16-35-25-30-29-24(17-8-10-19(26)11-9-17)31(25)20-6-4-3-5-7-20/h3-15H,16H2,1-2H3,(H,28,32)/b27-15-. The van der Waals surface area contributed by atoms with Gasteiger partial charge in [-0.05, 0) is 42.5 Å². The monoisotopic (exact) mass is 551 g/mol. The van der Waals surface area contributed by atoms with Crippen molar-refractivity contribution in [1.82, 2.24) is 20.2 Å². The van der Waals surface area contributed by atoms with E-state index in [1.807, 2.05) is 59.2 Å². The zero-order valence-electron chi connectivity index (χ0n) is 19.0. The van der Waals surface area contributed by atoms with E-state index in [1.54, 1.807) is 32.4 Å². The Balaban J connectivity index is 1.48. The molecule has 1 heterocycles. The van der Waals surface area contributed by atoms with Gasteiger partial charge in [-0.1, -0.05) is 58.0 Å². The van der Waals surface area contributed by atoms with Gasteiger partial charge in [0.05, 0.1) is 26.2 Å². The number of benzene rings is 3. The van der Waals surface area contributed by atoms with E-state index in [2.05, 4.69) is 36.7 Å². The third kappa shape index (κ3) is 6.09. The molecule has 0 saturated carbocycles. The second-order valence-electron chi connectivity index (χ2n) is 7.17. The van der Waals surface area contributed by atoms with Gasteiger partial charge in [0.1, 0.15) is 11.5 Å². The van der Waals surface area contributed by atoms with E-state index in [0.29, 0.717) is 28.0 Å². The van der Waals surface area contributed by atoms with Gasteiger partial charge in [0.15, 0.2) is 11.0 Å². The van der Waals surface area contributed by atoms with Crippen molar-refractivity contribution in [2.45, 2.75) is 5.16 Å². The summed E-state index contributed by atoms with van der Waals surface area (Å²) in [6.45, 7) is 0. The molecule has 0 aliphatic rings. The quantitative estimate of drug-likeness (QED) is 0.180. The number of amides is 1. The number of halogens is 1.